The molecule has 18 heavy (non-hydrogen) atoms. The SMILES string of the molecule is COc1ccc(-c2cn(C)nc2CC(=O)O)cc1. The molecule has 0 radical (unpaired) electrons. The predicted molar refractivity (Wildman–Crippen MR) is 66.5 cm³/mol. The Morgan fingerprint density at radius 2 is 2.06 bits per heavy atom. The van der Waals surface area contributed by atoms with Crippen molar-refractivity contribution >= 4 is 5.97 Å². The fourth-order valence-corrected chi connectivity index (χ4v) is 1.82. The number of carboxylic acids is 1. The smallest absolute Gasteiger partial charge is 0.309 e. The van der Waals surface area contributed by atoms with E-state index >= 15 is 0 Å². The third-order valence-electron chi connectivity index (χ3n) is 2.62. The van der Waals surface area contributed by atoms with Crippen LogP contribution >= 0.6 is 0 Å². The number of aryl methyl sites for hydroxylation is 1. The van der Waals surface area contributed by atoms with Crippen molar-refractivity contribution in [2.75, 3.05) is 7.11 Å². The van der Waals surface area contributed by atoms with Gasteiger partial charge < -0.3 is 9.84 Å². The molecule has 1 N–H and O–H groups in total. The van der Waals surface area contributed by atoms with Crippen molar-refractivity contribution in [2.45, 2.75) is 6.42 Å². The van der Waals surface area contributed by atoms with Crippen molar-refractivity contribution in [2.24, 2.45) is 7.05 Å². The van der Waals surface area contributed by atoms with Gasteiger partial charge in [0.25, 0.3) is 0 Å². The largest absolute Gasteiger partial charge is 0.497 e. The van der Waals surface area contributed by atoms with E-state index in [0.717, 1.165) is 16.9 Å². The number of aromatic nitrogens is 2. The zero-order valence-electron chi connectivity index (χ0n) is 10.3. The minimum absolute atomic E-state index is 0.0811. The van der Waals surface area contributed by atoms with E-state index in [4.69, 9.17) is 9.84 Å². The first-order valence-corrected chi connectivity index (χ1v) is 5.49. The Bertz CT molecular complexity index is 558. The van der Waals surface area contributed by atoms with Gasteiger partial charge in [0.15, 0.2) is 0 Å². The Labute approximate surface area is 105 Å². The van der Waals surface area contributed by atoms with Crippen LogP contribution in [-0.2, 0) is 18.3 Å². The summed E-state index contributed by atoms with van der Waals surface area (Å²) < 4.78 is 6.71. The zero-order valence-corrected chi connectivity index (χ0v) is 10.3. The number of hydrogen-bond donors (Lipinski definition) is 1. The Morgan fingerprint density at radius 1 is 1.39 bits per heavy atom. The molecule has 2 rings (SSSR count). The number of carboxylic acid groups (broad SMARTS) is 1. The Hall–Kier alpha value is -2.30. The van der Waals surface area contributed by atoms with Crippen LogP contribution in [0.25, 0.3) is 11.1 Å². The second-order valence-corrected chi connectivity index (χ2v) is 3.96. The lowest BCUT2D eigenvalue weighted by atomic mass is 10.1. The van der Waals surface area contributed by atoms with Crippen LogP contribution < -0.4 is 4.74 Å². The molecule has 0 saturated heterocycles. The van der Waals surface area contributed by atoms with Crippen LogP contribution in [0.3, 0.4) is 0 Å². The molecule has 0 bridgehead atoms. The van der Waals surface area contributed by atoms with E-state index in [1.165, 1.54) is 0 Å². The van der Waals surface area contributed by atoms with E-state index in [9.17, 15) is 4.79 Å². The van der Waals surface area contributed by atoms with Gasteiger partial charge in [0.1, 0.15) is 5.75 Å². The molecule has 0 aliphatic carbocycles. The lowest BCUT2D eigenvalue weighted by Gasteiger charge is -2.03. The normalized spacial score (nSPS) is 10.3. The molecular weight excluding hydrogens is 232 g/mol. The highest BCUT2D eigenvalue weighted by atomic mass is 16.5. The Balaban J connectivity index is 2.39. The fraction of sp³-hybridized carbons (Fsp3) is 0.231. The molecule has 94 valence electrons. The third kappa shape index (κ3) is 2.51. The van der Waals surface area contributed by atoms with Crippen LogP contribution in [0.1, 0.15) is 5.69 Å². The first-order chi connectivity index (χ1) is 8.60. The third-order valence-corrected chi connectivity index (χ3v) is 2.62. The molecule has 0 atom stereocenters. The van der Waals surface area contributed by atoms with E-state index in [0.29, 0.717) is 5.69 Å². The maximum atomic E-state index is 10.8. The standard InChI is InChI=1S/C13H14N2O3/c1-15-8-11(12(14-15)7-13(16)17)9-3-5-10(18-2)6-4-9/h3-6,8H,7H2,1-2H3,(H,16,17). The first-order valence-electron chi connectivity index (χ1n) is 5.49. The van der Waals surface area contributed by atoms with E-state index in [1.54, 1.807) is 18.8 Å². The molecule has 0 amide bonds. The number of aliphatic carboxylic acids is 1. The molecule has 0 unspecified atom stereocenters. The van der Waals surface area contributed by atoms with Crippen molar-refractivity contribution in [1.82, 2.24) is 9.78 Å². The van der Waals surface area contributed by atoms with Gasteiger partial charge in [-0.15, -0.1) is 0 Å². The quantitative estimate of drug-likeness (QED) is 0.892. The van der Waals surface area contributed by atoms with Crippen molar-refractivity contribution in [3.8, 4) is 16.9 Å². The highest BCUT2D eigenvalue weighted by Crippen LogP contribution is 2.25. The molecule has 0 aliphatic rings. The number of carbonyl (C=O) groups is 1. The molecule has 0 saturated carbocycles. The summed E-state index contributed by atoms with van der Waals surface area (Å²) in [7, 11) is 3.38. The summed E-state index contributed by atoms with van der Waals surface area (Å²) >= 11 is 0. The molecule has 0 fully saturated rings. The average molecular weight is 246 g/mol. The van der Waals surface area contributed by atoms with Crippen LogP contribution in [0, 0.1) is 0 Å². The van der Waals surface area contributed by atoms with Gasteiger partial charge in [-0.25, -0.2) is 0 Å². The van der Waals surface area contributed by atoms with Crippen molar-refractivity contribution < 1.29 is 14.6 Å². The summed E-state index contributed by atoms with van der Waals surface area (Å²) in [5.41, 5.74) is 2.33. The molecule has 2 aromatic rings. The van der Waals surface area contributed by atoms with Gasteiger partial charge in [-0.05, 0) is 17.7 Å². The minimum Gasteiger partial charge on any atom is -0.497 e. The van der Waals surface area contributed by atoms with E-state index in [1.807, 2.05) is 30.5 Å². The molecule has 0 spiro atoms. The van der Waals surface area contributed by atoms with Gasteiger partial charge in [-0.3, -0.25) is 9.48 Å². The predicted octanol–water partition coefficient (Wildman–Crippen LogP) is 1.72. The molecule has 1 heterocycles. The minimum atomic E-state index is -0.886. The summed E-state index contributed by atoms with van der Waals surface area (Å²) in [6.07, 6.45) is 1.74. The Morgan fingerprint density at radius 3 is 2.61 bits per heavy atom. The topological polar surface area (TPSA) is 64.4 Å². The summed E-state index contributed by atoms with van der Waals surface area (Å²) in [6.45, 7) is 0. The second-order valence-electron chi connectivity index (χ2n) is 3.96. The van der Waals surface area contributed by atoms with Gasteiger partial charge in [0, 0.05) is 18.8 Å². The maximum absolute atomic E-state index is 10.8. The number of benzene rings is 1. The monoisotopic (exact) mass is 246 g/mol. The summed E-state index contributed by atoms with van der Waals surface area (Å²) in [6, 6.07) is 7.46. The van der Waals surface area contributed by atoms with Gasteiger partial charge in [0.05, 0.1) is 19.2 Å². The van der Waals surface area contributed by atoms with Crippen LogP contribution in [0.4, 0.5) is 0 Å². The number of hydrogen-bond acceptors (Lipinski definition) is 3. The van der Waals surface area contributed by atoms with Crippen LogP contribution in [-0.4, -0.2) is 28.0 Å². The van der Waals surface area contributed by atoms with E-state index in [-0.39, 0.29) is 6.42 Å². The molecule has 1 aromatic heterocycles. The highest BCUT2D eigenvalue weighted by molar-refractivity contribution is 5.75. The summed E-state index contributed by atoms with van der Waals surface area (Å²) in [5.74, 6) is -0.120. The van der Waals surface area contributed by atoms with Gasteiger partial charge in [-0.1, -0.05) is 12.1 Å². The molecule has 0 aliphatic heterocycles. The van der Waals surface area contributed by atoms with Crippen molar-refractivity contribution in [3.05, 3.63) is 36.2 Å². The number of rotatable bonds is 4. The molecule has 5 heteroatoms. The first kappa shape index (κ1) is 12.2. The molecule has 1 aromatic carbocycles. The second kappa shape index (κ2) is 4.91. The molecule has 5 nitrogen and oxygen atoms in total. The van der Waals surface area contributed by atoms with Crippen molar-refractivity contribution in [1.29, 1.82) is 0 Å². The maximum Gasteiger partial charge on any atom is 0.309 e. The number of nitrogens with zero attached hydrogens (tertiary/aromatic N) is 2. The van der Waals surface area contributed by atoms with Crippen LogP contribution in [0.15, 0.2) is 30.5 Å². The Kier molecular flexibility index (Phi) is 3.32. The number of methoxy groups -OCH3 is 1. The number of ether oxygens (including phenoxy) is 1. The van der Waals surface area contributed by atoms with E-state index in [2.05, 4.69) is 5.10 Å². The van der Waals surface area contributed by atoms with Crippen LogP contribution in [0.2, 0.25) is 0 Å². The van der Waals surface area contributed by atoms with Crippen molar-refractivity contribution in [3.63, 3.8) is 0 Å². The van der Waals surface area contributed by atoms with E-state index < -0.39 is 5.97 Å². The molecular formula is C13H14N2O3. The van der Waals surface area contributed by atoms with Crippen LogP contribution in [0.5, 0.6) is 5.75 Å². The average Bonchev–Trinajstić information content (AvgIpc) is 2.69. The summed E-state index contributed by atoms with van der Waals surface area (Å²) in [5, 5.41) is 13.0. The van der Waals surface area contributed by atoms with Gasteiger partial charge in [-0.2, -0.15) is 5.10 Å². The fourth-order valence-electron chi connectivity index (χ4n) is 1.82. The lowest BCUT2D eigenvalue weighted by Crippen LogP contribution is -2.02. The summed E-state index contributed by atoms with van der Waals surface area (Å²) in [4.78, 5) is 10.8. The highest BCUT2D eigenvalue weighted by Gasteiger charge is 2.13. The zero-order chi connectivity index (χ0) is 13.1. The lowest BCUT2D eigenvalue weighted by molar-refractivity contribution is -0.136. The van der Waals surface area contributed by atoms with Gasteiger partial charge in [0.2, 0.25) is 0 Å². The van der Waals surface area contributed by atoms with Gasteiger partial charge >= 0.3 is 5.97 Å².